The third-order valence-corrected chi connectivity index (χ3v) is 4.28. The van der Waals surface area contributed by atoms with E-state index in [9.17, 15) is 0 Å². The molecule has 114 valence electrons. The molecule has 0 saturated carbocycles. The largest absolute Gasteiger partial charge is 0.373 e. The van der Waals surface area contributed by atoms with Gasteiger partial charge < -0.3 is 14.6 Å². The highest BCUT2D eigenvalue weighted by molar-refractivity contribution is 5.11. The molecule has 0 radical (unpaired) electrons. The van der Waals surface area contributed by atoms with E-state index in [0.717, 1.165) is 32.7 Å². The smallest absolute Gasteiger partial charge is 0.0896 e. The molecule has 0 unspecified atom stereocenters. The summed E-state index contributed by atoms with van der Waals surface area (Å²) in [4.78, 5) is 0. The van der Waals surface area contributed by atoms with Gasteiger partial charge in [0.25, 0.3) is 0 Å². The molecule has 2 atom stereocenters. The van der Waals surface area contributed by atoms with E-state index in [1.54, 1.807) is 0 Å². The zero-order chi connectivity index (χ0) is 14.7. The Hall–Kier alpha value is -1.59. The molecule has 0 aliphatic carbocycles. The standard InChI is InChI=1S/C16H24N4O/c1-3-20-12-14(10-18-20)16-13(6-8-21-16)9-17-11-15-5-4-7-19(15)2/h4-5,7,10,12-13,16-17H,3,6,8-9,11H2,1-2H3/t13-,16-/m0/s1. The van der Waals surface area contributed by atoms with Gasteiger partial charge in [0.1, 0.15) is 0 Å². The molecule has 21 heavy (non-hydrogen) atoms. The van der Waals surface area contributed by atoms with Crippen molar-refractivity contribution < 1.29 is 4.74 Å². The minimum Gasteiger partial charge on any atom is -0.373 e. The third-order valence-electron chi connectivity index (χ3n) is 4.28. The number of rotatable bonds is 6. The van der Waals surface area contributed by atoms with Crippen LogP contribution < -0.4 is 5.32 Å². The van der Waals surface area contributed by atoms with Crippen molar-refractivity contribution in [3.8, 4) is 0 Å². The lowest BCUT2D eigenvalue weighted by atomic mass is 9.97. The number of hydrogen-bond donors (Lipinski definition) is 1. The Morgan fingerprint density at radius 1 is 1.48 bits per heavy atom. The lowest BCUT2D eigenvalue weighted by Gasteiger charge is -2.18. The summed E-state index contributed by atoms with van der Waals surface area (Å²) in [5.74, 6) is 0.528. The van der Waals surface area contributed by atoms with Crippen molar-refractivity contribution in [2.24, 2.45) is 13.0 Å². The first-order chi connectivity index (χ1) is 10.3. The lowest BCUT2D eigenvalue weighted by Crippen LogP contribution is -2.25. The van der Waals surface area contributed by atoms with E-state index in [4.69, 9.17) is 4.74 Å². The van der Waals surface area contributed by atoms with Crippen LogP contribution in [0.5, 0.6) is 0 Å². The second-order valence-corrected chi connectivity index (χ2v) is 5.71. The second-order valence-electron chi connectivity index (χ2n) is 5.71. The van der Waals surface area contributed by atoms with Crippen LogP contribution in [0.15, 0.2) is 30.7 Å². The maximum absolute atomic E-state index is 5.92. The molecule has 2 aromatic rings. The molecular weight excluding hydrogens is 264 g/mol. The fraction of sp³-hybridized carbons (Fsp3) is 0.562. The van der Waals surface area contributed by atoms with Gasteiger partial charge in [0.05, 0.1) is 12.3 Å². The van der Waals surface area contributed by atoms with E-state index in [2.05, 4.69) is 53.5 Å². The van der Waals surface area contributed by atoms with Gasteiger partial charge in [0, 0.05) is 62.9 Å². The van der Waals surface area contributed by atoms with Crippen molar-refractivity contribution in [3.63, 3.8) is 0 Å². The van der Waals surface area contributed by atoms with Gasteiger partial charge >= 0.3 is 0 Å². The van der Waals surface area contributed by atoms with Crippen LogP contribution in [0.2, 0.25) is 0 Å². The van der Waals surface area contributed by atoms with E-state index < -0.39 is 0 Å². The summed E-state index contributed by atoms with van der Waals surface area (Å²) < 4.78 is 10.0. The Bertz CT molecular complexity index is 574. The highest BCUT2D eigenvalue weighted by Crippen LogP contribution is 2.33. The van der Waals surface area contributed by atoms with Crippen LogP contribution in [-0.4, -0.2) is 27.5 Å². The topological polar surface area (TPSA) is 44.0 Å². The first-order valence-corrected chi connectivity index (χ1v) is 7.72. The van der Waals surface area contributed by atoms with Crippen molar-refractivity contribution in [1.29, 1.82) is 0 Å². The van der Waals surface area contributed by atoms with Gasteiger partial charge in [-0.3, -0.25) is 4.68 Å². The van der Waals surface area contributed by atoms with Crippen LogP contribution in [0.1, 0.15) is 30.7 Å². The number of nitrogens with one attached hydrogen (secondary N) is 1. The molecule has 3 rings (SSSR count). The van der Waals surface area contributed by atoms with Crippen LogP contribution in [-0.2, 0) is 24.9 Å². The van der Waals surface area contributed by atoms with Crippen LogP contribution >= 0.6 is 0 Å². The molecule has 2 aromatic heterocycles. The highest BCUT2D eigenvalue weighted by Gasteiger charge is 2.30. The predicted octanol–water partition coefficient (Wildman–Crippen LogP) is 2.11. The highest BCUT2D eigenvalue weighted by atomic mass is 16.5. The van der Waals surface area contributed by atoms with Crippen LogP contribution in [0, 0.1) is 5.92 Å². The zero-order valence-electron chi connectivity index (χ0n) is 12.8. The first kappa shape index (κ1) is 14.4. The van der Waals surface area contributed by atoms with Crippen LogP contribution in [0.3, 0.4) is 0 Å². The fourth-order valence-electron chi connectivity index (χ4n) is 2.98. The van der Waals surface area contributed by atoms with Gasteiger partial charge in [-0.1, -0.05) is 0 Å². The number of aryl methyl sites for hydroxylation is 2. The molecular formula is C16H24N4O. The Morgan fingerprint density at radius 3 is 3.10 bits per heavy atom. The quantitative estimate of drug-likeness (QED) is 0.885. The Morgan fingerprint density at radius 2 is 2.38 bits per heavy atom. The summed E-state index contributed by atoms with van der Waals surface area (Å²) in [7, 11) is 2.08. The molecule has 1 saturated heterocycles. The number of hydrogen-bond acceptors (Lipinski definition) is 3. The number of nitrogens with zero attached hydrogens (tertiary/aromatic N) is 3. The first-order valence-electron chi connectivity index (χ1n) is 7.72. The van der Waals surface area contributed by atoms with E-state index in [1.165, 1.54) is 11.3 Å². The minimum atomic E-state index is 0.186. The van der Waals surface area contributed by atoms with Gasteiger partial charge in [-0.05, 0) is 25.5 Å². The van der Waals surface area contributed by atoms with Crippen LogP contribution in [0.4, 0.5) is 0 Å². The SMILES string of the molecule is CCn1cc([C@H]2OCC[C@H]2CNCc2cccn2C)cn1. The molecule has 5 heteroatoms. The van der Waals surface area contributed by atoms with Crippen molar-refractivity contribution in [2.75, 3.05) is 13.2 Å². The van der Waals surface area contributed by atoms with Crippen molar-refractivity contribution in [1.82, 2.24) is 19.7 Å². The Kier molecular flexibility index (Phi) is 4.41. The normalized spacial score (nSPS) is 22.0. The molecule has 0 amide bonds. The summed E-state index contributed by atoms with van der Waals surface area (Å²) >= 11 is 0. The second kappa shape index (κ2) is 6.45. The monoisotopic (exact) mass is 288 g/mol. The van der Waals surface area contributed by atoms with Crippen LogP contribution in [0.25, 0.3) is 0 Å². The van der Waals surface area contributed by atoms with E-state index >= 15 is 0 Å². The summed E-state index contributed by atoms with van der Waals surface area (Å²) in [6.45, 7) is 5.74. The van der Waals surface area contributed by atoms with Gasteiger partial charge in [0.15, 0.2) is 0 Å². The van der Waals surface area contributed by atoms with Crippen molar-refractivity contribution >= 4 is 0 Å². The molecule has 1 fully saturated rings. The Balaban J connectivity index is 1.55. The maximum atomic E-state index is 5.92. The van der Waals surface area contributed by atoms with E-state index in [1.807, 2.05) is 10.9 Å². The molecule has 1 N–H and O–H groups in total. The van der Waals surface area contributed by atoms with E-state index in [-0.39, 0.29) is 6.10 Å². The van der Waals surface area contributed by atoms with Gasteiger partial charge in [-0.25, -0.2) is 0 Å². The summed E-state index contributed by atoms with van der Waals surface area (Å²) in [6.07, 6.45) is 7.44. The van der Waals surface area contributed by atoms with Gasteiger partial charge in [-0.15, -0.1) is 0 Å². The Labute approximate surface area is 125 Å². The summed E-state index contributed by atoms with van der Waals surface area (Å²) in [5.41, 5.74) is 2.52. The molecule has 1 aliphatic heterocycles. The zero-order valence-corrected chi connectivity index (χ0v) is 12.8. The van der Waals surface area contributed by atoms with Crippen molar-refractivity contribution in [3.05, 3.63) is 42.0 Å². The summed E-state index contributed by atoms with van der Waals surface area (Å²) in [5, 5.41) is 7.92. The number of aromatic nitrogens is 3. The fourth-order valence-corrected chi connectivity index (χ4v) is 2.98. The molecule has 0 spiro atoms. The number of ether oxygens (including phenoxy) is 1. The predicted molar refractivity (Wildman–Crippen MR) is 81.8 cm³/mol. The minimum absolute atomic E-state index is 0.186. The molecule has 0 bridgehead atoms. The summed E-state index contributed by atoms with van der Waals surface area (Å²) in [6, 6.07) is 4.23. The van der Waals surface area contributed by atoms with Crippen molar-refractivity contribution in [2.45, 2.75) is 32.5 Å². The van der Waals surface area contributed by atoms with E-state index in [0.29, 0.717) is 5.92 Å². The molecule has 5 nitrogen and oxygen atoms in total. The lowest BCUT2D eigenvalue weighted by molar-refractivity contribution is 0.0903. The average Bonchev–Trinajstić information content (AvgIpc) is 3.20. The molecule has 1 aliphatic rings. The average molecular weight is 288 g/mol. The third kappa shape index (κ3) is 3.19. The van der Waals surface area contributed by atoms with Gasteiger partial charge in [0.2, 0.25) is 0 Å². The molecule has 0 aromatic carbocycles. The molecule has 3 heterocycles. The van der Waals surface area contributed by atoms with Gasteiger partial charge in [-0.2, -0.15) is 5.10 Å². The maximum Gasteiger partial charge on any atom is 0.0896 e.